The van der Waals surface area contributed by atoms with E-state index in [1.165, 1.54) is 11.8 Å². The van der Waals surface area contributed by atoms with Gasteiger partial charge in [-0.2, -0.15) is 11.8 Å². The maximum Gasteiger partial charge on any atom is 0.329 e. The Hall–Kier alpha value is -2.75. The summed E-state index contributed by atoms with van der Waals surface area (Å²) in [5.41, 5.74) is 0. The molecule has 10 heteroatoms. The van der Waals surface area contributed by atoms with Crippen LogP contribution in [-0.2, 0) is 19.1 Å². The molecule has 2 rings (SSSR count). The van der Waals surface area contributed by atoms with Crippen LogP contribution in [0.25, 0.3) is 0 Å². The van der Waals surface area contributed by atoms with Crippen molar-refractivity contribution in [1.29, 1.82) is 0 Å². The van der Waals surface area contributed by atoms with Crippen molar-refractivity contribution in [3.8, 4) is 5.75 Å². The minimum absolute atomic E-state index is 0.235. The van der Waals surface area contributed by atoms with Gasteiger partial charge in [-0.15, -0.1) is 0 Å². The Morgan fingerprint density at radius 3 is 2.64 bits per heavy atom. The number of hydrogen-bond acceptors (Lipinski definition) is 7. The van der Waals surface area contributed by atoms with Crippen molar-refractivity contribution in [3.05, 3.63) is 30.3 Å². The van der Waals surface area contributed by atoms with Crippen LogP contribution in [0.3, 0.4) is 0 Å². The molecule has 1 atom stereocenters. The topological polar surface area (TPSA) is 114 Å². The van der Waals surface area contributed by atoms with Gasteiger partial charge >= 0.3 is 12.0 Å². The Morgan fingerprint density at radius 2 is 2.00 bits per heavy atom. The van der Waals surface area contributed by atoms with Crippen LogP contribution in [0.2, 0.25) is 0 Å². The van der Waals surface area contributed by atoms with Gasteiger partial charge in [-0.1, -0.05) is 18.2 Å². The number of nitrogens with one attached hydrogen (secondary N) is 2. The first-order chi connectivity index (χ1) is 13.5. The molecule has 9 nitrogen and oxygen atoms in total. The third kappa shape index (κ3) is 6.76. The third-order valence-electron chi connectivity index (χ3n) is 3.84. The first-order valence-electron chi connectivity index (χ1n) is 8.72. The quantitative estimate of drug-likeness (QED) is 0.538. The number of amides is 4. The van der Waals surface area contributed by atoms with Gasteiger partial charge in [-0.3, -0.25) is 14.5 Å². The Balaban J connectivity index is 1.82. The largest absolute Gasteiger partial charge is 0.484 e. The number of esters is 1. The summed E-state index contributed by atoms with van der Waals surface area (Å²) < 4.78 is 10.4. The average Bonchev–Trinajstić information content (AvgIpc) is 3.14. The zero-order valence-corrected chi connectivity index (χ0v) is 16.3. The van der Waals surface area contributed by atoms with E-state index < -0.39 is 36.5 Å². The highest BCUT2D eigenvalue weighted by Crippen LogP contribution is 2.08. The van der Waals surface area contributed by atoms with Gasteiger partial charge in [0.2, 0.25) is 0 Å². The molecule has 0 radical (unpaired) electrons. The van der Waals surface area contributed by atoms with Gasteiger partial charge in [-0.05, 0) is 30.6 Å². The molecule has 1 heterocycles. The minimum atomic E-state index is -0.903. The molecule has 0 bridgehead atoms. The van der Waals surface area contributed by atoms with Crippen LogP contribution in [0.5, 0.6) is 5.75 Å². The van der Waals surface area contributed by atoms with Gasteiger partial charge in [0.25, 0.3) is 11.8 Å². The normalized spacial score (nSPS) is 14.2. The van der Waals surface area contributed by atoms with Crippen molar-refractivity contribution in [2.24, 2.45) is 0 Å². The highest BCUT2D eigenvalue weighted by molar-refractivity contribution is 7.98. The number of thioether (sulfide) groups is 1. The van der Waals surface area contributed by atoms with Gasteiger partial charge in [0.05, 0.1) is 0 Å². The van der Waals surface area contributed by atoms with Crippen LogP contribution in [0.4, 0.5) is 4.79 Å². The van der Waals surface area contributed by atoms with Crippen LogP contribution in [-0.4, -0.2) is 73.1 Å². The Morgan fingerprint density at radius 1 is 1.25 bits per heavy atom. The lowest BCUT2D eigenvalue weighted by molar-refractivity contribution is -0.153. The number of rotatable bonds is 10. The Labute approximate surface area is 167 Å². The average molecular weight is 409 g/mol. The molecule has 1 fully saturated rings. The summed E-state index contributed by atoms with van der Waals surface area (Å²) in [5.74, 6) is -0.657. The highest BCUT2D eigenvalue weighted by Gasteiger charge is 2.28. The molecule has 2 N–H and O–H groups in total. The molecule has 1 aliphatic rings. The van der Waals surface area contributed by atoms with Crippen LogP contribution >= 0.6 is 11.8 Å². The molecule has 4 amide bonds. The molecule has 1 aromatic rings. The molecule has 0 unspecified atom stereocenters. The van der Waals surface area contributed by atoms with Gasteiger partial charge in [0, 0.05) is 13.1 Å². The summed E-state index contributed by atoms with van der Waals surface area (Å²) in [7, 11) is 0. The minimum Gasteiger partial charge on any atom is -0.484 e. The molecule has 152 valence electrons. The van der Waals surface area contributed by atoms with E-state index in [2.05, 4.69) is 10.6 Å². The smallest absolute Gasteiger partial charge is 0.329 e. The van der Waals surface area contributed by atoms with Crippen LogP contribution in [0.15, 0.2) is 30.3 Å². The van der Waals surface area contributed by atoms with E-state index in [1.54, 1.807) is 24.3 Å². The third-order valence-corrected chi connectivity index (χ3v) is 4.48. The summed E-state index contributed by atoms with van der Waals surface area (Å²) in [5, 5.41) is 5.06. The molecule has 0 spiro atoms. The zero-order chi connectivity index (χ0) is 20.4. The fourth-order valence-corrected chi connectivity index (χ4v) is 2.88. The van der Waals surface area contributed by atoms with Gasteiger partial charge < -0.3 is 20.1 Å². The number of hydrogen-bond donors (Lipinski definition) is 2. The molecule has 1 aliphatic heterocycles. The predicted molar refractivity (Wildman–Crippen MR) is 103 cm³/mol. The number of para-hydroxylation sites is 1. The summed E-state index contributed by atoms with van der Waals surface area (Å²) in [6.07, 6.45) is 2.22. The molecule has 1 aromatic carbocycles. The second-order valence-corrected chi connectivity index (χ2v) is 6.87. The van der Waals surface area contributed by atoms with Gasteiger partial charge in [0.1, 0.15) is 11.8 Å². The summed E-state index contributed by atoms with van der Waals surface area (Å²) >= 11 is 1.51. The fourth-order valence-electron chi connectivity index (χ4n) is 2.41. The van der Waals surface area contributed by atoms with E-state index in [0.717, 1.165) is 4.90 Å². The van der Waals surface area contributed by atoms with Crippen molar-refractivity contribution in [3.63, 3.8) is 0 Å². The second kappa shape index (κ2) is 11.2. The van der Waals surface area contributed by atoms with Crippen molar-refractivity contribution in [2.75, 3.05) is 38.3 Å². The van der Waals surface area contributed by atoms with Crippen LogP contribution < -0.4 is 15.4 Å². The molecule has 28 heavy (non-hydrogen) atoms. The van der Waals surface area contributed by atoms with Gasteiger partial charge in [0.15, 0.2) is 13.2 Å². The van der Waals surface area contributed by atoms with E-state index >= 15 is 0 Å². The lowest BCUT2D eigenvalue weighted by Gasteiger charge is -2.18. The van der Waals surface area contributed by atoms with Crippen molar-refractivity contribution < 1.29 is 28.7 Å². The standard InChI is InChI=1S/C18H23N3O6S/c1-28-10-7-14(20-15(22)11-26-13-5-3-2-4-6-13)17(24)27-12-16(23)21-9-8-19-18(21)25/h2-6,14H,7-12H2,1H3,(H,19,25)(H,20,22)/t14-/m0/s1. The van der Waals surface area contributed by atoms with E-state index in [4.69, 9.17) is 9.47 Å². The number of ether oxygens (including phenoxy) is 2. The number of benzene rings is 1. The Bertz CT molecular complexity index is 700. The summed E-state index contributed by atoms with van der Waals surface area (Å²) in [4.78, 5) is 48.8. The monoisotopic (exact) mass is 409 g/mol. The number of carbonyl (C=O) groups excluding carboxylic acids is 4. The zero-order valence-electron chi connectivity index (χ0n) is 15.5. The second-order valence-electron chi connectivity index (χ2n) is 5.89. The summed E-state index contributed by atoms with van der Waals surface area (Å²) in [6.45, 7) is -0.205. The van der Waals surface area contributed by atoms with E-state index in [1.807, 2.05) is 12.3 Å². The first kappa shape index (κ1) is 21.5. The summed E-state index contributed by atoms with van der Waals surface area (Å²) in [6, 6.07) is 7.41. The molecular weight excluding hydrogens is 386 g/mol. The fraction of sp³-hybridized carbons (Fsp3) is 0.444. The molecule has 0 aromatic heterocycles. The lowest BCUT2D eigenvalue weighted by atomic mass is 10.2. The van der Waals surface area contributed by atoms with Crippen LogP contribution in [0.1, 0.15) is 6.42 Å². The van der Waals surface area contributed by atoms with Crippen molar-refractivity contribution in [1.82, 2.24) is 15.5 Å². The SMILES string of the molecule is CSCC[C@H](NC(=O)COc1ccccc1)C(=O)OCC(=O)N1CCNC1=O. The molecular formula is C18H23N3O6S. The first-order valence-corrected chi connectivity index (χ1v) is 10.1. The maximum atomic E-state index is 12.3. The van der Waals surface area contributed by atoms with Gasteiger partial charge in [-0.25, -0.2) is 9.59 Å². The van der Waals surface area contributed by atoms with Crippen molar-refractivity contribution in [2.45, 2.75) is 12.5 Å². The number of imide groups is 1. The number of urea groups is 1. The lowest BCUT2D eigenvalue weighted by Crippen LogP contribution is -2.45. The maximum absolute atomic E-state index is 12.3. The number of nitrogens with zero attached hydrogens (tertiary/aromatic N) is 1. The molecule has 1 saturated heterocycles. The van der Waals surface area contributed by atoms with E-state index in [9.17, 15) is 19.2 Å². The van der Waals surface area contributed by atoms with E-state index in [0.29, 0.717) is 24.5 Å². The predicted octanol–water partition coefficient (Wildman–Crippen LogP) is 0.398. The van der Waals surface area contributed by atoms with Crippen molar-refractivity contribution >= 4 is 35.6 Å². The highest BCUT2D eigenvalue weighted by atomic mass is 32.2. The van der Waals surface area contributed by atoms with Crippen LogP contribution in [0, 0.1) is 0 Å². The number of carbonyl (C=O) groups is 4. The molecule has 0 aliphatic carbocycles. The Kier molecular flexibility index (Phi) is 8.60. The van der Waals surface area contributed by atoms with E-state index in [-0.39, 0.29) is 13.2 Å². The molecule has 0 saturated carbocycles.